The van der Waals surface area contributed by atoms with Crippen molar-refractivity contribution in [1.29, 1.82) is 0 Å². The molecule has 0 aliphatic carbocycles. The normalized spacial score (nSPS) is 12.8. The molecule has 0 saturated heterocycles. The zero-order chi connectivity index (χ0) is 18.9. The van der Waals surface area contributed by atoms with Gasteiger partial charge in [0.25, 0.3) is 0 Å². The Bertz CT molecular complexity index is 721. The molecule has 0 heterocycles. The SMILES string of the molecule is CC(C)(C)c1ccccc1OP(=O)(O)Oc1ccccc1C(C)(C)C. The van der Waals surface area contributed by atoms with Crippen molar-refractivity contribution in [3.05, 3.63) is 59.7 Å². The van der Waals surface area contributed by atoms with Crippen LogP contribution < -0.4 is 9.05 Å². The monoisotopic (exact) mass is 362 g/mol. The molecule has 25 heavy (non-hydrogen) atoms. The Balaban J connectivity index is 2.33. The number of benzene rings is 2. The molecule has 2 aromatic carbocycles. The van der Waals surface area contributed by atoms with Crippen LogP contribution in [0.5, 0.6) is 11.5 Å². The highest BCUT2D eigenvalue weighted by molar-refractivity contribution is 7.48. The Morgan fingerprint density at radius 1 is 0.720 bits per heavy atom. The Morgan fingerprint density at radius 3 is 1.36 bits per heavy atom. The Hall–Kier alpha value is -1.77. The fourth-order valence-electron chi connectivity index (χ4n) is 2.60. The van der Waals surface area contributed by atoms with Crippen LogP contribution in [0.25, 0.3) is 0 Å². The average molecular weight is 362 g/mol. The maximum absolute atomic E-state index is 12.6. The van der Waals surface area contributed by atoms with E-state index in [0.29, 0.717) is 11.5 Å². The van der Waals surface area contributed by atoms with Crippen molar-refractivity contribution in [3.63, 3.8) is 0 Å². The first-order valence-corrected chi connectivity index (χ1v) is 9.81. The first-order valence-electron chi connectivity index (χ1n) is 8.31. The molecule has 136 valence electrons. The van der Waals surface area contributed by atoms with E-state index in [1.807, 2.05) is 65.8 Å². The molecule has 0 saturated carbocycles. The lowest BCUT2D eigenvalue weighted by atomic mass is 9.86. The van der Waals surface area contributed by atoms with Crippen molar-refractivity contribution < 1.29 is 18.5 Å². The topological polar surface area (TPSA) is 55.8 Å². The van der Waals surface area contributed by atoms with Gasteiger partial charge in [-0.15, -0.1) is 0 Å². The highest BCUT2D eigenvalue weighted by Crippen LogP contribution is 2.48. The molecule has 2 aromatic rings. The summed E-state index contributed by atoms with van der Waals surface area (Å²) in [5.74, 6) is 0.711. The molecule has 0 spiro atoms. The number of phosphoric acid groups is 1. The Morgan fingerprint density at radius 2 is 1.04 bits per heavy atom. The van der Waals surface area contributed by atoms with Crippen molar-refractivity contribution >= 4 is 7.82 Å². The number of para-hydroxylation sites is 2. The maximum Gasteiger partial charge on any atom is 0.584 e. The molecule has 0 unspecified atom stereocenters. The van der Waals surface area contributed by atoms with Crippen molar-refractivity contribution in [2.24, 2.45) is 0 Å². The van der Waals surface area contributed by atoms with Gasteiger partial charge in [-0.1, -0.05) is 77.9 Å². The van der Waals surface area contributed by atoms with Gasteiger partial charge in [-0.2, -0.15) is 0 Å². The van der Waals surface area contributed by atoms with Gasteiger partial charge in [0.15, 0.2) is 0 Å². The molecule has 0 amide bonds. The molecule has 0 fully saturated rings. The second-order valence-electron chi connectivity index (χ2n) is 8.14. The van der Waals surface area contributed by atoms with Gasteiger partial charge in [0.1, 0.15) is 11.5 Å². The highest BCUT2D eigenvalue weighted by atomic mass is 31.2. The minimum Gasteiger partial charge on any atom is -0.395 e. The molecule has 2 rings (SSSR count). The van der Waals surface area contributed by atoms with E-state index in [1.54, 1.807) is 24.3 Å². The predicted molar refractivity (Wildman–Crippen MR) is 101 cm³/mol. The Kier molecular flexibility index (Phi) is 5.36. The van der Waals surface area contributed by atoms with E-state index in [2.05, 4.69) is 0 Å². The van der Waals surface area contributed by atoms with Crippen LogP contribution >= 0.6 is 7.82 Å². The highest BCUT2D eigenvalue weighted by Gasteiger charge is 2.31. The molecular formula is C20H27O4P. The van der Waals surface area contributed by atoms with Crippen molar-refractivity contribution in [2.45, 2.75) is 52.4 Å². The lowest BCUT2D eigenvalue weighted by molar-refractivity contribution is 0.286. The third-order valence-corrected chi connectivity index (χ3v) is 4.67. The average Bonchev–Trinajstić information content (AvgIpc) is 2.45. The number of hydrogen-bond donors (Lipinski definition) is 1. The fraction of sp³-hybridized carbons (Fsp3) is 0.400. The molecule has 1 N–H and O–H groups in total. The van der Waals surface area contributed by atoms with E-state index in [4.69, 9.17) is 9.05 Å². The quantitative estimate of drug-likeness (QED) is 0.694. The smallest absolute Gasteiger partial charge is 0.395 e. The van der Waals surface area contributed by atoms with Crippen molar-refractivity contribution in [1.82, 2.24) is 0 Å². The summed E-state index contributed by atoms with van der Waals surface area (Å²) in [4.78, 5) is 10.3. The van der Waals surface area contributed by atoms with Crippen molar-refractivity contribution in [2.75, 3.05) is 0 Å². The molecular weight excluding hydrogens is 335 g/mol. The van der Waals surface area contributed by atoms with E-state index in [0.717, 1.165) is 11.1 Å². The standard InChI is InChI=1S/C20H27O4P/c1-19(2,3)15-11-7-9-13-17(15)23-25(21,22)24-18-14-10-8-12-16(18)20(4,5)6/h7-14H,1-6H3,(H,21,22). The van der Waals surface area contributed by atoms with Gasteiger partial charge in [-0.25, -0.2) is 4.57 Å². The zero-order valence-corrected chi connectivity index (χ0v) is 16.6. The van der Waals surface area contributed by atoms with Gasteiger partial charge in [0.05, 0.1) is 0 Å². The van der Waals surface area contributed by atoms with E-state index in [1.165, 1.54) is 0 Å². The minimum absolute atomic E-state index is 0.222. The lowest BCUT2D eigenvalue weighted by Crippen LogP contribution is -2.15. The second kappa shape index (κ2) is 6.86. The summed E-state index contributed by atoms with van der Waals surface area (Å²) in [7, 11) is -4.33. The fourth-order valence-corrected chi connectivity index (χ4v) is 3.45. The minimum atomic E-state index is -4.33. The van der Waals surface area contributed by atoms with Crippen LogP contribution in [-0.2, 0) is 15.4 Å². The molecule has 0 bridgehead atoms. The first kappa shape index (κ1) is 19.6. The number of phosphoric ester groups is 1. The van der Waals surface area contributed by atoms with E-state index in [9.17, 15) is 9.46 Å². The van der Waals surface area contributed by atoms with Crippen LogP contribution in [0, 0.1) is 0 Å². The van der Waals surface area contributed by atoms with Crippen LogP contribution in [-0.4, -0.2) is 4.89 Å². The number of hydrogen-bond acceptors (Lipinski definition) is 3. The zero-order valence-electron chi connectivity index (χ0n) is 15.7. The van der Waals surface area contributed by atoms with E-state index >= 15 is 0 Å². The molecule has 0 aliphatic rings. The molecule has 0 aliphatic heterocycles. The van der Waals surface area contributed by atoms with Crippen LogP contribution in [0.2, 0.25) is 0 Å². The summed E-state index contributed by atoms with van der Waals surface area (Å²) < 4.78 is 23.5. The summed E-state index contributed by atoms with van der Waals surface area (Å²) in [5.41, 5.74) is 1.24. The molecule has 4 nitrogen and oxygen atoms in total. The summed E-state index contributed by atoms with van der Waals surface area (Å²) >= 11 is 0. The van der Waals surface area contributed by atoms with Crippen LogP contribution in [0.15, 0.2) is 48.5 Å². The third-order valence-electron chi connectivity index (χ3n) is 3.82. The summed E-state index contributed by atoms with van der Waals surface area (Å²) in [6.45, 7) is 12.1. The molecule has 0 aromatic heterocycles. The van der Waals surface area contributed by atoms with E-state index in [-0.39, 0.29) is 10.8 Å². The van der Waals surface area contributed by atoms with E-state index < -0.39 is 7.82 Å². The largest absolute Gasteiger partial charge is 0.584 e. The third kappa shape index (κ3) is 5.10. The lowest BCUT2D eigenvalue weighted by Gasteiger charge is -2.25. The maximum atomic E-state index is 12.6. The van der Waals surface area contributed by atoms with Crippen LogP contribution in [0.1, 0.15) is 52.7 Å². The first-order chi connectivity index (χ1) is 11.4. The van der Waals surface area contributed by atoms with Gasteiger partial charge in [-0.3, -0.25) is 4.89 Å². The molecule has 5 heteroatoms. The summed E-state index contributed by atoms with van der Waals surface area (Å²) in [6.07, 6.45) is 0. The van der Waals surface area contributed by atoms with Gasteiger partial charge in [-0.05, 0) is 23.0 Å². The van der Waals surface area contributed by atoms with Crippen LogP contribution in [0.4, 0.5) is 0 Å². The molecule has 0 atom stereocenters. The summed E-state index contributed by atoms with van der Waals surface area (Å²) in [5, 5.41) is 0. The van der Waals surface area contributed by atoms with Crippen LogP contribution in [0.3, 0.4) is 0 Å². The van der Waals surface area contributed by atoms with Gasteiger partial charge >= 0.3 is 7.82 Å². The number of rotatable bonds is 4. The van der Waals surface area contributed by atoms with Crippen molar-refractivity contribution in [3.8, 4) is 11.5 Å². The predicted octanol–water partition coefficient (Wildman–Crippen LogP) is 5.84. The summed E-state index contributed by atoms with van der Waals surface area (Å²) in [6, 6.07) is 14.4. The Labute approximate surface area is 150 Å². The van der Waals surface area contributed by atoms with Gasteiger partial charge in [0.2, 0.25) is 0 Å². The van der Waals surface area contributed by atoms with Gasteiger partial charge in [0, 0.05) is 11.1 Å². The second-order valence-corrected chi connectivity index (χ2v) is 9.45. The van der Waals surface area contributed by atoms with Gasteiger partial charge < -0.3 is 9.05 Å². The molecule has 0 radical (unpaired) electrons.